The number of anilines is 2. The number of aromatic nitrogens is 1. The van der Waals surface area contributed by atoms with Crippen molar-refractivity contribution in [3.05, 3.63) is 48.3 Å². The van der Waals surface area contributed by atoms with Gasteiger partial charge in [0.05, 0.1) is 29.7 Å². The first-order chi connectivity index (χ1) is 9.65. The first-order valence-electron chi connectivity index (χ1n) is 6.05. The molecule has 6 nitrogen and oxygen atoms in total. The predicted molar refractivity (Wildman–Crippen MR) is 75.5 cm³/mol. The number of para-hydroxylation sites is 2. The number of nitrogens with zero attached hydrogens (tertiary/aromatic N) is 2. The van der Waals surface area contributed by atoms with Crippen LogP contribution in [0.15, 0.2) is 42.7 Å². The fourth-order valence-electron chi connectivity index (χ4n) is 1.88. The summed E-state index contributed by atoms with van der Waals surface area (Å²) < 4.78 is 0. The smallest absolute Gasteiger partial charge is 0.262 e. The van der Waals surface area contributed by atoms with E-state index >= 15 is 0 Å². The maximum atomic E-state index is 12.5. The quantitative estimate of drug-likeness (QED) is 0.722. The Balaban J connectivity index is 2.42. The van der Waals surface area contributed by atoms with Crippen LogP contribution in [0.2, 0.25) is 0 Å². The van der Waals surface area contributed by atoms with Crippen LogP contribution >= 0.6 is 0 Å². The molecule has 0 saturated heterocycles. The Bertz CT molecular complexity index is 616. The molecule has 0 aliphatic rings. The fourth-order valence-corrected chi connectivity index (χ4v) is 1.88. The summed E-state index contributed by atoms with van der Waals surface area (Å²) in [7, 11) is 0. The number of rotatable bonds is 4. The lowest BCUT2D eigenvalue weighted by Gasteiger charge is -2.23. The Morgan fingerprint density at radius 2 is 2.05 bits per heavy atom. The van der Waals surface area contributed by atoms with Crippen LogP contribution in [0, 0.1) is 0 Å². The van der Waals surface area contributed by atoms with Gasteiger partial charge >= 0.3 is 0 Å². The van der Waals surface area contributed by atoms with E-state index in [2.05, 4.69) is 4.98 Å². The van der Waals surface area contributed by atoms with Crippen molar-refractivity contribution in [2.75, 3.05) is 23.8 Å². The van der Waals surface area contributed by atoms with E-state index in [1.165, 1.54) is 23.4 Å². The van der Waals surface area contributed by atoms with Gasteiger partial charge in [-0.05, 0) is 18.2 Å². The minimum Gasteiger partial charge on any atom is -0.505 e. The summed E-state index contributed by atoms with van der Waals surface area (Å²) in [5.74, 6) is -0.660. The van der Waals surface area contributed by atoms with Gasteiger partial charge in [-0.1, -0.05) is 12.1 Å². The molecule has 1 aromatic carbocycles. The zero-order valence-corrected chi connectivity index (χ0v) is 10.7. The minimum absolute atomic E-state index is 0.0782. The van der Waals surface area contributed by atoms with Crippen molar-refractivity contribution in [1.82, 2.24) is 4.98 Å². The molecule has 1 amide bonds. The molecule has 0 aliphatic carbocycles. The third kappa shape index (κ3) is 2.70. The Kier molecular flexibility index (Phi) is 4.17. The van der Waals surface area contributed by atoms with Gasteiger partial charge in [0.15, 0.2) is 0 Å². The van der Waals surface area contributed by atoms with Gasteiger partial charge in [0.1, 0.15) is 5.75 Å². The van der Waals surface area contributed by atoms with Crippen molar-refractivity contribution in [1.29, 1.82) is 0 Å². The van der Waals surface area contributed by atoms with Gasteiger partial charge in [-0.15, -0.1) is 0 Å². The van der Waals surface area contributed by atoms with Crippen molar-refractivity contribution >= 4 is 17.3 Å². The summed E-state index contributed by atoms with van der Waals surface area (Å²) in [6.07, 6.45) is 2.61. The van der Waals surface area contributed by atoms with Gasteiger partial charge < -0.3 is 20.8 Å². The third-order valence-electron chi connectivity index (χ3n) is 2.83. The molecular formula is C14H15N3O3. The van der Waals surface area contributed by atoms with E-state index in [9.17, 15) is 9.90 Å². The number of carbonyl (C=O) groups is 1. The summed E-state index contributed by atoms with van der Waals surface area (Å²) >= 11 is 0. The second-order valence-electron chi connectivity index (χ2n) is 4.13. The number of hydrogen-bond donors (Lipinski definition) is 3. The van der Waals surface area contributed by atoms with Crippen molar-refractivity contribution < 1.29 is 15.0 Å². The number of nitrogen functional groups attached to an aromatic ring is 1. The highest BCUT2D eigenvalue weighted by molar-refractivity contribution is 6.09. The second kappa shape index (κ2) is 6.03. The largest absolute Gasteiger partial charge is 0.505 e. The molecule has 0 aliphatic heterocycles. The first kappa shape index (κ1) is 13.8. The highest BCUT2D eigenvalue weighted by atomic mass is 16.3. The maximum absolute atomic E-state index is 12.5. The van der Waals surface area contributed by atoms with Crippen LogP contribution in [0.5, 0.6) is 5.75 Å². The van der Waals surface area contributed by atoms with Crippen LogP contribution in [0.25, 0.3) is 0 Å². The van der Waals surface area contributed by atoms with Gasteiger partial charge in [0.25, 0.3) is 5.91 Å². The molecule has 20 heavy (non-hydrogen) atoms. The lowest BCUT2D eigenvalue weighted by atomic mass is 10.2. The molecule has 0 radical (unpaired) electrons. The monoisotopic (exact) mass is 273 g/mol. The number of hydrogen-bond acceptors (Lipinski definition) is 5. The summed E-state index contributed by atoms with van der Waals surface area (Å²) in [4.78, 5) is 17.5. The van der Waals surface area contributed by atoms with Crippen molar-refractivity contribution in [2.45, 2.75) is 0 Å². The van der Waals surface area contributed by atoms with Gasteiger partial charge in [-0.2, -0.15) is 0 Å². The Hall–Kier alpha value is -2.60. The Labute approximate surface area is 116 Å². The number of pyridine rings is 1. The van der Waals surface area contributed by atoms with E-state index in [0.717, 1.165) is 0 Å². The van der Waals surface area contributed by atoms with Crippen LogP contribution in [-0.4, -0.2) is 34.3 Å². The molecule has 0 saturated carbocycles. The second-order valence-corrected chi connectivity index (χ2v) is 4.13. The Morgan fingerprint density at radius 1 is 1.30 bits per heavy atom. The minimum atomic E-state index is -0.447. The molecule has 104 valence electrons. The number of aliphatic hydroxyl groups excluding tert-OH is 1. The average molecular weight is 273 g/mol. The zero-order chi connectivity index (χ0) is 14.5. The van der Waals surface area contributed by atoms with Gasteiger partial charge in [0, 0.05) is 12.7 Å². The molecule has 1 heterocycles. The average Bonchev–Trinajstić information content (AvgIpc) is 2.46. The molecular weight excluding hydrogens is 258 g/mol. The molecule has 4 N–H and O–H groups in total. The normalized spacial score (nSPS) is 10.2. The van der Waals surface area contributed by atoms with Crippen LogP contribution < -0.4 is 10.6 Å². The topological polar surface area (TPSA) is 99.7 Å². The van der Waals surface area contributed by atoms with E-state index in [1.807, 2.05) is 0 Å². The number of aromatic hydroxyl groups is 1. The van der Waals surface area contributed by atoms with E-state index in [0.29, 0.717) is 11.4 Å². The molecule has 2 aromatic rings. The molecule has 6 heteroatoms. The molecule has 0 bridgehead atoms. The fraction of sp³-hybridized carbons (Fsp3) is 0.143. The number of nitrogens with two attached hydrogens (primary N) is 1. The molecule has 0 fully saturated rings. The van der Waals surface area contributed by atoms with Crippen LogP contribution in [-0.2, 0) is 0 Å². The summed E-state index contributed by atoms with van der Waals surface area (Å²) in [6, 6.07) is 8.27. The van der Waals surface area contributed by atoms with Crippen molar-refractivity contribution in [3.8, 4) is 5.75 Å². The van der Waals surface area contributed by atoms with E-state index in [1.54, 1.807) is 24.3 Å². The van der Waals surface area contributed by atoms with E-state index < -0.39 is 5.91 Å². The lowest BCUT2D eigenvalue weighted by molar-refractivity contribution is 0.0978. The zero-order valence-electron chi connectivity index (χ0n) is 10.7. The van der Waals surface area contributed by atoms with Crippen molar-refractivity contribution in [2.24, 2.45) is 0 Å². The SMILES string of the molecule is Nc1ccccc1N(CCO)C(=O)c1ccncc1O. The summed E-state index contributed by atoms with van der Waals surface area (Å²) in [5.41, 5.74) is 6.87. The van der Waals surface area contributed by atoms with Gasteiger partial charge in [-0.25, -0.2) is 0 Å². The molecule has 0 spiro atoms. The van der Waals surface area contributed by atoms with Crippen LogP contribution in [0.4, 0.5) is 11.4 Å². The van der Waals surface area contributed by atoms with Crippen LogP contribution in [0.1, 0.15) is 10.4 Å². The van der Waals surface area contributed by atoms with Gasteiger partial charge in [-0.3, -0.25) is 9.78 Å². The number of benzene rings is 1. The molecule has 2 rings (SSSR count). The number of carbonyl (C=O) groups excluding carboxylic acids is 1. The maximum Gasteiger partial charge on any atom is 0.262 e. The highest BCUT2D eigenvalue weighted by Gasteiger charge is 2.21. The van der Waals surface area contributed by atoms with Gasteiger partial charge in [0.2, 0.25) is 0 Å². The first-order valence-corrected chi connectivity index (χ1v) is 6.05. The predicted octanol–water partition coefficient (Wildman–Crippen LogP) is 1.01. The molecule has 0 atom stereocenters. The summed E-state index contributed by atoms with van der Waals surface area (Å²) in [5, 5.41) is 18.9. The number of amides is 1. The Morgan fingerprint density at radius 3 is 2.70 bits per heavy atom. The highest BCUT2D eigenvalue weighted by Crippen LogP contribution is 2.26. The van der Waals surface area contributed by atoms with Crippen LogP contribution in [0.3, 0.4) is 0 Å². The van der Waals surface area contributed by atoms with E-state index in [-0.39, 0.29) is 24.5 Å². The molecule has 1 aromatic heterocycles. The number of aliphatic hydroxyl groups is 1. The lowest BCUT2D eigenvalue weighted by Crippen LogP contribution is -2.34. The third-order valence-corrected chi connectivity index (χ3v) is 2.83. The van der Waals surface area contributed by atoms with E-state index in [4.69, 9.17) is 10.8 Å². The molecule has 0 unspecified atom stereocenters. The van der Waals surface area contributed by atoms with Crippen molar-refractivity contribution in [3.63, 3.8) is 0 Å². The standard InChI is InChI=1S/C14H15N3O3/c15-11-3-1-2-4-12(11)17(7-8-18)14(20)10-5-6-16-9-13(10)19/h1-6,9,18-19H,7-8,15H2. The summed E-state index contributed by atoms with van der Waals surface area (Å²) in [6.45, 7) is -0.138.